The van der Waals surface area contributed by atoms with Crippen molar-refractivity contribution in [2.45, 2.75) is 25.7 Å². The van der Waals surface area contributed by atoms with Crippen LogP contribution in [-0.2, 0) is 22.4 Å². The van der Waals surface area contributed by atoms with Gasteiger partial charge in [0.1, 0.15) is 26.9 Å². The third kappa shape index (κ3) is 11.0. The number of aromatic carboxylic acids is 2. The summed E-state index contributed by atoms with van der Waals surface area (Å²) in [7, 11) is 0. The topological polar surface area (TPSA) is 133 Å². The average molecular weight is 879 g/mol. The van der Waals surface area contributed by atoms with Gasteiger partial charge >= 0.3 is 11.9 Å². The molecule has 6 aromatic rings. The van der Waals surface area contributed by atoms with Gasteiger partial charge in [0.05, 0.1) is 0 Å². The number of halogens is 3. The van der Waals surface area contributed by atoms with Gasteiger partial charge in [0.2, 0.25) is 11.8 Å². The number of amides is 2. The van der Waals surface area contributed by atoms with Crippen LogP contribution in [0.4, 0.5) is 14.4 Å². The maximum Gasteiger partial charge on any atom is 0.339 e. The van der Waals surface area contributed by atoms with Gasteiger partial charge in [-0.15, -0.1) is 22.7 Å². The molecule has 270 valence electrons. The molecule has 8 nitrogen and oxygen atoms in total. The van der Waals surface area contributed by atoms with E-state index in [9.17, 15) is 33.8 Å². The smallest absolute Gasteiger partial charge is 0.339 e. The summed E-state index contributed by atoms with van der Waals surface area (Å²) in [6.45, 7) is 0. The first kappa shape index (κ1) is 39.3. The molecule has 4 N–H and O–H groups in total. The molecule has 53 heavy (non-hydrogen) atoms. The van der Waals surface area contributed by atoms with Crippen molar-refractivity contribution in [2.24, 2.45) is 0 Å². The summed E-state index contributed by atoms with van der Waals surface area (Å²) >= 11 is 9.13. The van der Waals surface area contributed by atoms with Crippen molar-refractivity contribution < 1.29 is 33.8 Å². The number of aryl methyl sites for hydroxylation is 2. The second-order valence-corrected chi connectivity index (χ2v) is 15.1. The molecule has 0 aliphatic rings. The van der Waals surface area contributed by atoms with Gasteiger partial charge in [-0.1, -0.05) is 98.6 Å². The SMILES string of the molecule is O=C(CCc1ccc(F)cc1)Nc1scc(-c2ccc(Br)cc2)c1C(=O)O.O=C(CCc1ccccc1)Nc1scc(-c2ccc(Br)cc2)c1C(=O)O. The zero-order valence-electron chi connectivity index (χ0n) is 27.8. The summed E-state index contributed by atoms with van der Waals surface area (Å²) in [5.41, 5.74) is 4.85. The molecule has 6 rings (SSSR count). The lowest BCUT2D eigenvalue weighted by molar-refractivity contribution is -0.117. The number of carbonyl (C=O) groups is 4. The molecule has 0 spiro atoms. The van der Waals surface area contributed by atoms with E-state index < -0.39 is 11.9 Å². The van der Waals surface area contributed by atoms with Gasteiger partial charge in [-0.05, 0) is 71.5 Å². The molecule has 0 radical (unpaired) electrons. The van der Waals surface area contributed by atoms with Crippen LogP contribution in [0.25, 0.3) is 22.3 Å². The van der Waals surface area contributed by atoms with Crippen LogP contribution in [0.5, 0.6) is 0 Å². The number of hydrogen-bond acceptors (Lipinski definition) is 6. The lowest BCUT2D eigenvalue weighted by Gasteiger charge is -2.06. The summed E-state index contributed by atoms with van der Waals surface area (Å²) in [6, 6.07) is 30.4. The fourth-order valence-corrected chi connectivity index (χ4v) is 7.68. The number of benzene rings is 4. The molecule has 0 fully saturated rings. The Balaban J connectivity index is 0.000000204. The van der Waals surface area contributed by atoms with E-state index in [1.165, 1.54) is 34.8 Å². The number of carboxylic acids is 2. The molecule has 0 unspecified atom stereocenters. The van der Waals surface area contributed by atoms with Gasteiger partial charge in [-0.25, -0.2) is 14.0 Å². The molecule has 4 aromatic carbocycles. The lowest BCUT2D eigenvalue weighted by Crippen LogP contribution is -2.14. The summed E-state index contributed by atoms with van der Waals surface area (Å²) in [5.74, 6) is -2.95. The highest BCUT2D eigenvalue weighted by Crippen LogP contribution is 2.37. The van der Waals surface area contributed by atoms with E-state index in [1.54, 1.807) is 22.9 Å². The zero-order valence-corrected chi connectivity index (χ0v) is 32.6. The number of rotatable bonds is 12. The number of carboxylic acid groups (broad SMARTS) is 2. The van der Waals surface area contributed by atoms with E-state index in [4.69, 9.17) is 0 Å². The first-order chi connectivity index (χ1) is 25.5. The van der Waals surface area contributed by atoms with Crippen LogP contribution in [0.3, 0.4) is 0 Å². The molecule has 13 heteroatoms. The number of anilines is 2. The first-order valence-corrected chi connectivity index (χ1v) is 19.4. The van der Waals surface area contributed by atoms with E-state index >= 15 is 0 Å². The van der Waals surface area contributed by atoms with Crippen molar-refractivity contribution in [3.8, 4) is 22.3 Å². The Morgan fingerprint density at radius 1 is 0.566 bits per heavy atom. The standard InChI is InChI=1S/C20H15BrFNO3S.C20H16BrNO3S/c21-14-6-4-13(5-7-14)16-11-27-19(18(16)20(25)26)23-17(24)10-3-12-1-8-15(22)9-2-12;21-15-9-7-14(8-10-15)16-12-26-19(18(16)20(24)25)22-17(23)11-6-13-4-2-1-3-5-13/h1-2,4-9,11H,3,10H2,(H,23,24)(H,25,26);1-5,7-10,12H,6,11H2,(H,22,23)(H,24,25). The maximum atomic E-state index is 12.9. The molecule has 0 atom stereocenters. The van der Waals surface area contributed by atoms with Crippen molar-refractivity contribution in [1.82, 2.24) is 0 Å². The predicted molar refractivity (Wildman–Crippen MR) is 216 cm³/mol. The second-order valence-electron chi connectivity index (χ2n) is 11.5. The minimum atomic E-state index is -1.09. The number of hydrogen-bond donors (Lipinski definition) is 4. The fraction of sp³-hybridized carbons (Fsp3) is 0.100. The van der Waals surface area contributed by atoms with Crippen LogP contribution in [0.1, 0.15) is 44.7 Å². The Kier molecular flexibility index (Phi) is 13.9. The summed E-state index contributed by atoms with van der Waals surface area (Å²) in [5, 5.41) is 28.8. The van der Waals surface area contributed by atoms with Crippen LogP contribution < -0.4 is 10.6 Å². The molecule has 0 aliphatic heterocycles. The first-order valence-electron chi connectivity index (χ1n) is 16.1. The van der Waals surface area contributed by atoms with Crippen molar-refractivity contribution in [3.63, 3.8) is 0 Å². The third-order valence-electron chi connectivity index (χ3n) is 7.86. The molecular formula is C40H31Br2FN2O6S2. The molecule has 0 saturated carbocycles. The molecule has 2 amide bonds. The molecular weight excluding hydrogens is 847 g/mol. The van der Waals surface area contributed by atoms with Crippen LogP contribution in [-0.4, -0.2) is 34.0 Å². The van der Waals surface area contributed by atoms with Crippen LogP contribution in [0.2, 0.25) is 0 Å². The monoisotopic (exact) mass is 876 g/mol. The van der Waals surface area contributed by atoms with Gasteiger partial charge < -0.3 is 20.8 Å². The number of carbonyl (C=O) groups excluding carboxylic acids is 2. The Labute approximate surface area is 329 Å². The van der Waals surface area contributed by atoms with E-state index in [-0.39, 0.29) is 35.2 Å². The Morgan fingerprint density at radius 3 is 1.36 bits per heavy atom. The molecule has 2 aromatic heterocycles. The summed E-state index contributed by atoms with van der Waals surface area (Å²) < 4.78 is 14.7. The number of nitrogens with one attached hydrogen (secondary N) is 2. The fourth-order valence-electron chi connectivity index (χ4n) is 5.20. The van der Waals surface area contributed by atoms with Gasteiger partial charge in [0.25, 0.3) is 0 Å². The molecule has 0 bridgehead atoms. The maximum absolute atomic E-state index is 12.9. The van der Waals surface area contributed by atoms with E-state index in [0.29, 0.717) is 40.4 Å². The van der Waals surface area contributed by atoms with E-state index in [1.807, 2.05) is 78.9 Å². The van der Waals surface area contributed by atoms with Crippen molar-refractivity contribution in [2.75, 3.05) is 10.6 Å². The summed E-state index contributed by atoms with van der Waals surface area (Å²) in [4.78, 5) is 48.0. The highest BCUT2D eigenvalue weighted by molar-refractivity contribution is 9.10. The van der Waals surface area contributed by atoms with Crippen molar-refractivity contribution in [1.29, 1.82) is 0 Å². The molecule has 0 aliphatic carbocycles. The van der Waals surface area contributed by atoms with E-state index in [0.717, 1.165) is 31.2 Å². The van der Waals surface area contributed by atoms with Crippen LogP contribution >= 0.6 is 54.5 Å². The van der Waals surface area contributed by atoms with Gasteiger partial charge in [0, 0.05) is 43.7 Å². The minimum absolute atomic E-state index is 0.0810. The highest BCUT2D eigenvalue weighted by atomic mass is 79.9. The Hall–Kier alpha value is -4.95. The average Bonchev–Trinajstić information content (AvgIpc) is 3.76. The minimum Gasteiger partial charge on any atom is -0.478 e. The second kappa shape index (κ2) is 18.7. The third-order valence-corrected chi connectivity index (χ3v) is 10.7. The molecule has 2 heterocycles. The Morgan fingerprint density at radius 2 is 0.962 bits per heavy atom. The van der Waals surface area contributed by atoms with Gasteiger partial charge in [-0.2, -0.15) is 0 Å². The summed E-state index contributed by atoms with van der Waals surface area (Å²) in [6.07, 6.45) is 1.53. The van der Waals surface area contributed by atoms with Crippen LogP contribution in [0.15, 0.2) is 123 Å². The van der Waals surface area contributed by atoms with Gasteiger partial charge in [0.15, 0.2) is 0 Å². The molecule has 0 saturated heterocycles. The normalized spacial score (nSPS) is 10.5. The van der Waals surface area contributed by atoms with Crippen molar-refractivity contribution >= 4 is 88.3 Å². The zero-order chi connectivity index (χ0) is 37.9. The Bertz CT molecular complexity index is 2210. The predicted octanol–water partition coefficient (Wildman–Crippen LogP) is 11.0. The largest absolute Gasteiger partial charge is 0.478 e. The van der Waals surface area contributed by atoms with Crippen molar-refractivity contribution in [3.05, 3.63) is 151 Å². The van der Waals surface area contributed by atoms with E-state index in [2.05, 4.69) is 42.5 Å². The van der Waals surface area contributed by atoms with Gasteiger partial charge in [-0.3, -0.25) is 9.59 Å². The van der Waals surface area contributed by atoms with Crippen LogP contribution in [0, 0.1) is 5.82 Å². The quantitative estimate of drug-likeness (QED) is 0.0968. The number of thiophene rings is 2. The highest BCUT2D eigenvalue weighted by Gasteiger charge is 2.22. The lowest BCUT2D eigenvalue weighted by atomic mass is 10.0.